The molecule has 0 fully saturated rings. The lowest BCUT2D eigenvalue weighted by Crippen LogP contribution is -2.19. The Morgan fingerprint density at radius 2 is 2.00 bits per heavy atom. The van der Waals surface area contributed by atoms with Gasteiger partial charge in [-0.1, -0.05) is 0 Å². The molecule has 0 aliphatic carbocycles. The second kappa shape index (κ2) is 8.14. The van der Waals surface area contributed by atoms with Crippen LogP contribution in [0.5, 0.6) is 0 Å². The molecular weight excluding hydrogens is 424 g/mol. The second-order valence-corrected chi connectivity index (χ2v) is 8.00. The number of hydrogen-bond donors (Lipinski definition) is 1. The molecule has 0 bridgehead atoms. The third-order valence-electron chi connectivity index (χ3n) is 4.99. The lowest BCUT2D eigenvalue weighted by Gasteiger charge is -2.06. The van der Waals surface area contributed by atoms with Crippen molar-refractivity contribution in [3.63, 3.8) is 0 Å². The second-order valence-electron chi connectivity index (χ2n) is 7.14. The summed E-state index contributed by atoms with van der Waals surface area (Å²) in [6.45, 7) is 7.85. The van der Waals surface area contributed by atoms with E-state index in [1.165, 1.54) is 22.1 Å². The zero-order valence-corrected chi connectivity index (χ0v) is 18.3. The highest BCUT2D eigenvalue weighted by Gasteiger charge is 2.21. The van der Waals surface area contributed by atoms with Crippen LogP contribution in [0, 0.1) is 20.8 Å². The van der Waals surface area contributed by atoms with E-state index in [9.17, 15) is 13.6 Å². The van der Waals surface area contributed by atoms with E-state index in [1.54, 1.807) is 20.0 Å². The van der Waals surface area contributed by atoms with Gasteiger partial charge in [-0.3, -0.25) is 9.48 Å². The Labute approximate surface area is 180 Å². The van der Waals surface area contributed by atoms with Crippen molar-refractivity contribution in [2.45, 2.75) is 47.2 Å². The summed E-state index contributed by atoms with van der Waals surface area (Å²) < 4.78 is 30.1. The van der Waals surface area contributed by atoms with E-state index < -0.39 is 6.43 Å². The normalized spacial score (nSPS) is 11.6. The number of halogens is 2. The van der Waals surface area contributed by atoms with Gasteiger partial charge in [0, 0.05) is 34.4 Å². The van der Waals surface area contributed by atoms with E-state index >= 15 is 0 Å². The molecule has 0 aromatic carbocycles. The van der Waals surface area contributed by atoms with Gasteiger partial charge in [-0.25, -0.2) is 23.4 Å². The van der Waals surface area contributed by atoms with Crippen molar-refractivity contribution in [2.75, 3.05) is 5.32 Å². The SMILES string of the molecule is CCn1ncc(-c2csc(NC(=O)Cn3nc(C)c4c(C(F)F)cc(C)nc43)n2)c1C. The van der Waals surface area contributed by atoms with Gasteiger partial charge in [0.1, 0.15) is 6.54 Å². The number of carbonyl (C=O) groups excluding carboxylic acids is 1. The number of aromatic nitrogens is 6. The van der Waals surface area contributed by atoms with Crippen LogP contribution in [0.2, 0.25) is 0 Å². The first-order valence-electron chi connectivity index (χ1n) is 9.69. The quantitative estimate of drug-likeness (QED) is 0.479. The van der Waals surface area contributed by atoms with Crippen LogP contribution in [-0.4, -0.2) is 35.4 Å². The van der Waals surface area contributed by atoms with Crippen LogP contribution >= 0.6 is 11.3 Å². The van der Waals surface area contributed by atoms with Gasteiger partial charge in [0.05, 0.1) is 23.0 Å². The molecule has 4 heterocycles. The first-order chi connectivity index (χ1) is 14.8. The molecule has 0 unspecified atom stereocenters. The van der Waals surface area contributed by atoms with Gasteiger partial charge < -0.3 is 5.32 Å². The summed E-state index contributed by atoms with van der Waals surface area (Å²) >= 11 is 1.30. The summed E-state index contributed by atoms with van der Waals surface area (Å²) in [5.41, 5.74) is 3.63. The number of nitrogens with one attached hydrogen (secondary N) is 1. The molecule has 162 valence electrons. The van der Waals surface area contributed by atoms with Crippen LogP contribution < -0.4 is 5.32 Å². The molecule has 4 aromatic heterocycles. The highest BCUT2D eigenvalue weighted by atomic mass is 32.1. The molecule has 0 radical (unpaired) electrons. The third-order valence-corrected chi connectivity index (χ3v) is 5.75. The smallest absolute Gasteiger partial charge is 0.264 e. The molecule has 11 heteroatoms. The molecule has 0 aliphatic heterocycles. The fourth-order valence-corrected chi connectivity index (χ4v) is 4.29. The van der Waals surface area contributed by atoms with Gasteiger partial charge in [0.15, 0.2) is 10.8 Å². The van der Waals surface area contributed by atoms with E-state index in [4.69, 9.17) is 0 Å². The molecule has 1 amide bonds. The van der Waals surface area contributed by atoms with Crippen LogP contribution in [0.3, 0.4) is 0 Å². The first kappa shape index (κ1) is 21.0. The predicted molar refractivity (Wildman–Crippen MR) is 114 cm³/mol. The van der Waals surface area contributed by atoms with E-state index in [0.717, 1.165) is 23.5 Å². The van der Waals surface area contributed by atoms with Gasteiger partial charge in [0.2, 0.25) is 5.91 Å². The Morgan fingerprint density at radius 3 is 2.68 bits per heavy atom. The molecule has 0 atom stereocenters. The maximum atomic E-state index is 13.5. The largest absolute Gasteiger partial charge is 0.300 e. The maximum Gasteiger partial charge on any atom is 0.264 e. The maximum absolute atomic E-state index is 13.5. The van der Waals surface area contributed by atoms with Crippen molar-refractivity contribution >= 4 is 33.4 Å². The Kier molecular flexibility index (Phi) is 5.52. The van der Waals surface area contributed by atoms with Gasteiger partial charge >= 0.3 is 0 Å². The molecule has 0 saturated carbocycles. The van der Waals surface area contributed by atoms with Crippen molar-refractivity contribution in [2.24, 2.45) is 0 Å². The molecule has 8 nitrogen and oxygen atoms in total. The molecule has 4 aromatic rings. The lowest BCUT2D eigenvalue weighted by molar-refractivity contribution is -0.116. The van der Waals surface area contributed by atoms with Crippen molar-refractivity contribution in [1.82, 2.24) is 29.5 Å². The molecule has 0 spiro atoms. The van der Waals surface area contributed by atoms with Gasteiger partial charge in [0.25, 0.3) is 6.43 Å². The van der Waals surface area contributed by atoms with Crippen LogP contribution in [0.15, 0.2) is 17.6 Å². The van der Waals surface area contributed by atoms with E-state index in [2.05, 4.69) is 25.5 Å². The van der Waals surface area contributed by atoms with E-state index in [0.29, 0.717) is 16.5 Å². The number of alkyl halides is 2. The van der Waals surface area contributed by atoms with Crippen LogP contribution in [0.4, 0.5) is 13.9 Å². The Balaban J connectivity index is 1.55. The fourth-order valence-electron chi connectivity index (χ4n) is 3.57. The average molecular weight is 445 g/mol. The standard InChI is InChI=1S/C20H21F2N7OS/c1-5-28-12(4)14(7-23-28)15-9-31-20(25-15)26-16(30)8-29-19-17(11(3)27-29)13(18(21)22)6-10(2)24-19/h6-7,9,18H,5,8H2,1-4H3,(H,25,26,30). The molecule has 0 aliphatic rings. The van der Waals surface area contributed by atoms with Crippen LogP contribution in [0.25, 0.3) is 22.3 Å². The fraction of sp³-hybridized carbons (Fsp3) is 0.350. The molecule has 31 heavy (non-hydrogen) atoms. The Morgan fingerprint density at radius 1 is 1.23 bits per heavy atom. The number of aryl methyl sites for hydroxylation is 3. The van der Waals surface area contributed by atoms with Crippen molar-refractivity contribution in [3.05, 3.63) is 40.3 Å². The number of anilines is 1. The zero-order valence-electron chi connectivity index (χ0n) is 17.5. The molecule has 0 saturated heterocycles. The predicted octanol–water partition coefficient (Wildman–Crippen LogP) is 4.27. The highest BCUT2D eigenvalue weighted by molar-refractivity contribution is 7.14. The number of nitrogens with zero attached hydrogens (tertiary/aromatic N) is 6. The summed E-state index contributed by atoms with van der Waals surface area (Å²) in [6.07, 6.45) is -0.893. The number of amides is 1. The summed E-state index contributed by atoms with van der Waals surface area (Å²) in [4.78, 5) is 21.4. The third kappa shape index (κ3) is 3.92. The van der Waals surface area contributed by atoms with Crippen molar-refractivity contribution in [3.8, 4) is 11.3 Å². The number of rotatable bonds is 6. The Hall–Kier alpha value is -3.21. The molecular formula is C20H21F2N7OS. The Bertz CT molecular complexity index is 1270. The van der Waals surface area contributed by atoms with Crippen molar-refractivity contribution < 1.29 is 13.6 Å². The van der Waals surface area contributed by atoms with E-state index in [1.807, 2.05) is 23.9 Å². The zero-order chi connectivity index (χ0) is 22.3. The number of fused-ring (bicyclic) bond motifs is 1. The van der Waals surface area contributed by atoms with Gasteiger partial charge in [-0.15, -0.1) is 11.3 Å². The number of carbonyl (C=O) groups is 1. The summed E-state index contributed by atoms with van der Waals surface area (Å²) in [6, 6.07) is 1.35. The first-order valence-corrected chi connectivity index (χ1v) is 10.6. The summed E-state index contributed by atoms with van der Waals surface area (Å²) in [5, 5.41) is 13.9. The van der Waals surface area contributed by atoms with Gasteiger partial charge in [-0.2, -0.15) is 10.2 Å². The number of hydrogen-bond acceptors (Lipinski definition) is 6. The van der Waals surface area contributed by atoms with Gasteiger partial charge in [-0.05, 0) is 33.8 Å². The highest BCUT2D eigenvalue weighted by Crippen LogP contribution is 2.30. The minimum Gasteiger partial charge on any atom is -0.300 e. The number of pyridine rings is 1. The van der Waals surface area contributed by atoms with Crippen LogP contribution in [0.1, 0.15) is 36.0 Å². The molecule has 1 N–H and O–H groups in total. The summed E-state index contributed by atoms with van der Waals surface area (Å²) in [5.74, 6) is -0.367. The minimum atomic E-state index is -2.65. The summed E-state index contributed by atoms with van der Waals surface area (Å²) in [7, 11) is 0. The average Bonchev–Trinajstić information content (AvgIpc) is 3.39. The topological polar surface area (TPSA) is 90.5 Å². The van der Waals surface area contributed by atoms with E-state index in [-0.39, 0.29) is 29.0 Å². The van der Waals surface area contributed by atoms with Crippen molar-refractivity contribution in [1.29, 1.82) is 0 Å². The monoisotopic (exact) mass is 445 g/mol. The molecule has 4 rings (SSSR count). The lowest BCUT2D eigenvalue weighted by atomic mass is 10.1. The number of thiazole rings is 1. The minimum absolute atomic E-state index is 0.126. The van der Waals surface area contributed by atoms with Crippen LogP contribution in [-0.2, 0) is 17.9 Å².